The zero-order valence-electron chi connectivity index (χ0n) is 9.94. The lowest BCUT2D eigenvalue weighted by Crippen LogP contribution is -2.27. The third-order valence-electron chi connectivity index (χ3n) is 2.87. The molecule has 0 aliphatic heterocycles. The highest BCUT2D eigenvalue weighted by molar-refractivity contribution is 5.83. The Kier molecular flexibility index (Phi) is 3.44. The fourth-order valence-electron chi connectivity index (χ4n) is 1.92. The molecule has 1 heterocycles. The summed E-state index contributed by atoms with van der Waals surface area (Å²) in [6, 6.07) is 8.08. The van der Waals surface area contributed by atoms with Crippen molar-refractivity contribution in [2.75, 3.05) is 13.6 Å². The summed E-state index contributed by atoms with van der Waals surface area (Å²) in [5, 5.41) is 1.17. The summed E-state index contributed by atoms with van der Waals surface area (Å²) in [6.45, 7) is 1.01. The molecule has 0 aliphatic carbocycles. The Morgan fingerprint density at radius 1 is 1.41 bits per heavy atom. The van der Waals surface area contributed by atoms with Gasteiger partial charge in [-0.2, -0.15) is 0 Å². The van der Waals surface area contributed by atoms with E-state index in [1.807, 2.05) is 24.4 Å². The average molecular weight is 231 g/mol. The molecule has 90 valence electrons. The van der Waals surface area contributed by atoms with Crippen LogP contribution in [0.5, 0.6) is 0 Å². The average Bonchev–Trinajstić information content (AvgIpc) is 2.73. The summed E-state index contributed by atoms with van der Waals surface area (Å²) < 4.78 is 0. The van der Waals surface area contributed by atoms with Gasteiger partial charge in [0.05, 0.1) is 0 Å². The van der Waals surface area contributed by atoms with Crippen LogP contribution in [0.15, 0.2) is 30.5 Å². The molecule has 1 amide bonds. The monoisotopic (exact) mass is 231 g/mol. The minimum Gasteiger partial charge on any atom is -0.361 e. The number of aromatic nitrogens is 1. The number of rotatable bonds is 4. The maximum absolute atomic E-state index is 11.6. The van der Waals surface area contributed by atoms with Gasteiger partial charge in [-0.25, -0.2) is 0 Å². The molecule has 0 bridgehead atoms. The predicted molar refractivity (Wildman–Crippen MR) is 68.4 cm³/mol. The van der Waals surface area contributed by atoms with Gasteiger partial charge in [0.1, 0.15) is 0 Å². The zero-order chi connectivity index (χ0) is 12.3. The van der Waals surface area contributed by atoms with Crippen molar-refractivity contribution >= 4 is 16.8 Å². The molecule has 1 aromatic carbocycles. The number of amides is 1. The van der Waals surface area contributed by atoms with Gasteiger partial charge in [0.2, 0.25) is 5.91 Å². The second kappa shape index (κ2) is 5.01. The first-order chi connectivity index (χ1) is 8.22. The predicted octanol–water partition coefficient (Wildman–Crippen LogP) is 1.48. The fraction of sp³-hybridized carbons (Fsp3) is 0.308. The van der Waals surface area contributed by atoms with Crippen LogP contribution in [0.25, 0.3) is 10.9 Å². The molecule has 0 spiro atoms. The number of carbonyl (C=O) groups is 1. The van der Waals surface area contributed by atoms with Gasteiger partial charge in [0, 0.05) is 43.7 Å². The molecule has 0 saturated carbocycles. The first-order valence-corrected chi connectivity index (χ1v) is 5.71. The van der Waals surface area contributed by atoms with E-state index in [2.05, 4.69) is 11.1 Å². The number of nitrogens with one attached hydrogen (secondary N) is 1. The lowest BCUT2D eigenvalue weighted by Gasteiger charge is -2.16. The van der Waals surface area contributed by atoms with E-state index < -0.39 is 0 Å². The highest BCUT2D eigenvalue weighted by Gasteiger charge is 2.10. The Morgan fingerprint density at radius 3 is 2.94 bits per heavy atom. The second-order valence-corrected chi connectivity index (χ2v) is 4.15. The zero-order valence-corrected chi connectivity index (χ0v) is 9.94. The smallest absolute Gasteiger partial charge is 0.223 e. The van der Waals surface area contributed by atoms with E-state index in [0.717, 1.165) is 11.1 Å². The first-order valence-electron chi connectivity index (χ1n) is 5.71. The van der Waals surface area contributed by atoms with Gasteiger partial charge in [-0.05, 0) is 11.6 Å². The number of aromatic amines is 1. The van der Waals surface area contributed by atoms with Gasteiger partial charge in [0.25, 0.3) is 0 Å². The summed E-state index contributed by atoms with van der Waals surface area (Å²) in [6.07, 6.45) is 2.36. The normalized spacial score (nSPS) is 10.7. The van der Waals surface area contributed by atoms with Crippen LogP contribution < -0.4 is 5.73 Å². The Balaban J connectivity index is 2.16. The van der Waals surface area contributed by atoms with Crippen molar-refractivity contribution in [3.05, 3.63) is 36.0 Å². The topological polar surface area (TPSA) is 62.1 Å². The number of fused-ring (bicyclic) bond motifs is 1. The van der Waals surface area contributed by atoms with E-state index in [1.54, 1.807) is 11.9 Å². The third kappa shape index (κ3) is 2.47. The summed E-state index contributed by atoms with van der Waals surface area (Å²) in [7, 11) is 1.81. The van der Waals surface area contributed by atoms with Crippen molar-refractivity contribution in [3.8, 4) is 0 Å². The SMILES string of the molecule is CN(Cc1c[nH]c2ccccc12)C(=O)CCN. The minimum absolute atomic E-state index is 0.0813. The molecule has 1 aromatic heterocycles. The van der Waals surface area contributed by atoms with E-state index in [0.29, 0.717) is 19.5 Å². The number of para-hydroxylation sites is 1. The number of carbonyl (C=O) groups excluding carboxylic acids is 1. The summed E-state index contributed by atoms with van der Waals surface area (Å²) >= 11 is 0. The van der Waals surface area contributed by atoms with Gasteiger partial charge < -0.3 is 15.6 Å². The van der Waals surface area contributed by atoms with Crippen LogP contribution in [0.3, 0.4) is 0 Å². The summed E-state index contributed by atoms with van der Waals surface area (Å²) in [5.74, 6) is 0.0813. The van der Waals surface area contributed by atoms with Crippen LogP contribution >= 0.6 is 0 Å². The Bertz CT molecular complexity index is 518. The fourth-order valence-corrected chi connectivity index (χ4v) is 1.92. The van der Waals surface area contributed by atoms with Crippen LogP contribution in [0, 0.1) is 0 Å². The van der Waals surface area contributed by atoms with Crippen LogP contribution in [0.4, 0.5) is 0 Å². The van der Waals surface area contributed by atoms with E-state index in [-0.39, 0.29) is 5.91 Å². The molecule has 0 aliphatic rings. The van der Waals surface area contributed by atoms with Gasteiger partial charge in [-0.3, -0.25) is 4.79 Å². The number of benzene rings is 1. The maximum Gasteiger partial charge on any atom is 0.223 e. The molecule has 2 aromatic rings. The highest BCUT2D eigenvalue weighted by atomic mass is 16.2. The van der Waals surface area contributed by atoms with Crippen molar-refractivity contribution in [2.45, 2.75) is 13.0 Å². The van der Waals surface area contributed by atoms with Crippen molar-refractivity contribution in [1.29, 1.82) is 0 Å². The number of hydrogen-bond donors (Lipinski definition) is 2. The van der Waals surface area contributed by atoms with Gasteiger partial charge in [-0.1, -0.05) is 18.2 Å². The molecule has 0 radical (unpaired) electrons. The molecule has 3 N–H and O–H groups in total. The van der Waals surface area contributed by atoms with Crippen molar-refractivity contribution in [2.24, 2.45) is 5.73 Å². The maximum atomic E-state index is 11.6. The van der Waals surface area contributed by atoms with Crippen LogP contribution in [-0.2, 0) is 11.3 Å². The van der Waals surface area contributed by atoms with Gasteiger partial charge in [-0.15, -0.1) is 0 Å². The molecule has 17 heavy (non-hydrogen) atoms. The minimum atomic E-state index is 0.0813. The molecular formula is C13H17N3O. The molecule has 0 fully saturated rings. The molecule has 4 heteroatoms. The largest absolute Gasteiger partial charge is 0.361 e. The Morgan fingerprint density at radius 2 is 2.18 bits per heavy atom. The number of nitrogens with zero attached hydrogens (tertiary/aromatic N) is 1. The molecule has 4 nitrogen and oxygen atoms in total. The molecule has 2 rings (SSSR count). The lowest BCUT2D eigenvalue weighted by atomic mass is 10.1. The Labute approximate surface area is 100 Å². The van der Waals surface area contributed by atoms with Crippen LogP contribution in [0.1, 0.15) is 12.0 Å². The first kappa shape index (κ1) is 11.7. The van der Waals surface area contributed by atoms with Crippen LogP contribution in [-0.4, -0.2) is 29.4 Å². The van der Waals surface area contributed by atoms with Crippen molar-refractivity contribution < 1.29 is 4.79 Å². The van der Waals surface area contributed by atoms with E-state index in [4.69, 9.17) is 5.73 Å². The third-order valence-corrected chi connectivity index (χ3v) is 2.87. The number of nitrogens with two attached hydrogens (primary N) is 1. The Hall–Kier alpha value is -1.81. The van der Waals surface area contributed by atoms with E-state index >= 15 is 0 Å². The molecule has 0 saturated heterocycles. The summed E-state index contributed by atoms with van der Waals surface area (Å²) in [4.78, 5) is 16.6. The van der Waals surface area contributed by atoms with E-state index in [1.165, 1.54) is 5.39 Å². The quantitative estimate of drug-likeness (QED) is 0.837. The number of hydrogen-bond acceptors (Lipinski definition) is 2. The van der Waals surface area contributed by atoms with Crippen molar-refractivity contribution in [3.63, 3.8) is 0 Å². The number of H-pyrrole nitrogens is 1. The van der Waals surface area contributed by atoms with Crippen LogP contribution in [0.2, 0.25) is 0 Å². The van der Waals surface area contributed by atoms with Gasteiger partial charge >= 0.3 is 0 Å². The molecule has 0 atom stereocenters. The second-order valence-electron chi connectivity index (χ2n) is 4.15. The van der Waals surface area contributed by atoms with Crippen molar-refractivity contribution in [1.82, 2.24) is 9.88 Å². The standard InChI is InChI=1S/C13H17N3O/c1-16(13(17)6-7-14)9-10-8-15-12-5-3-2-4-11(10)12/h2-5,8,15H,6-7,9,14H2,1H3. The van der Waals surface area contributed by atoms with Gasteiger partial charge in [0.15, 0.2) is 0 Å². The molecule has 0 unspecified atom stereocenters. The highest BCUT2D eigenvalue weighted by Crippen LogP contribution is 2.18. The summed E-state index contributed by atoms with van der Waals surface area (Å²) in [5.41, 5.74) is 7.61. The molecular weight excluding hydrogens is 214 g/mol. The van der Waals surface area contributed by atoms with E-state index in [9.17, 15) is 4.79 Å². The lowest BCUT2D eigenvalue weighted by molar-refractivity contribution is -0.130.